The zero-order valence-electron chi connectivity index (χ0n) is 5.12. The van der Waals surface area contributed by atoms with E-state index in [1.54, 1.807) is 13.8 Å². The minimum absolute atomic E-state index is 0. The van der Waals surface area contributed by atoms with Gasteiger partial charge in [-0.3, -0.25) is 0 Å². The number of rotatable bonds is 2. The maximum absolute atomic E-state index is 8.43. The second-order valence-corrected chi connectivity index (χ2v) is 2.48. The van der Waals surface area contributed by atoms with Crippen LogP contribution in [0, 0.1) is 5.41 Å². The van der Waals surface area contributed by atoms with Crippen molar-refractivity contribution in [2.75, 3.05) is 13.2 Å². The molecule has 2 N–H and O–H groups in total. The van der Waals surface area contributed by atoms with Crippen LogP contribution in [-0.4, -0.2) is 23.4 Å². The van der Waals surface area contributed by atoms with E-state index < -0.39 is 0 Å². The number of hydrogen-bond donors (Lipinski definition) is 2. The van der Waals surface area contributed by atoms with E-state index >= 15 is 0 Å². The molecule has 8 heavy (non-hydrogen) atoms. The van der Waals surface area contributed by atoms with Crippen LogP contribution in [0.5, 0.6) is 0 Å². The molecule has 0 aliphatic rings. The summed E-state index contributed by atoms with van der Waals surface area (Å²) in [6.07, 6.45) is 0. The van der Waals surface area contributed by atoms with Crippen LogP contribution in [0.1, 0.15) is 13.8 Å². The fourth-order valence-electron chi connectivity index (χ4n) is 0.0500. The molecular formula is C5H12NiO2. The van der Waals surface area contributed by atoms with E-state index in [4.69, 9.17) is 10.2 Å². The molecule has 0 saturated carbocycles. The van der Waals surface area contributed by atoms with Crippen LogP contribution in [-0.2, 0) is 16.5 Å². The van der Waals surface area contributed by atoms with Crippen LogP contribution in [0.4, 0.5) is 0 Å². The van der Waals surface area contributed by atoms with Crippen molar-refractivity contribution in [1.82, 2.24) is 0 Å². The Morgan fingerprint density at radius 2 is 1.38 bits per heavy atom. The number of hydrogen-bond acceptors (Lipinski definition) is 2. The van der Waals surface area contributed by atoms with Gasteiger partial charge in [0.25, 0.3) is 0 Å². The van der Waals surface area contributed by atoms with Gasteiger partial charge in [0.15, 0.2) is 0 Å². The van der Waals surface area contributed by atoms with E-state index in [-0.39, 0.29) is 35.1 Å². The van der Waals surface area contributed by atoms with Crippen LogP contribution < -0.4 is 0 Å². The summed E-state index contributed by atoms with van der Waals surface area (Å²) in [6.45, 7) is 3.69. The van der Waals surface area contributed by atoms with E-state index in [1.807, 2.05) is 0 Å². The van der Waals surface area contributed by atoms with Crippen LogP contribution in [0.15, 0.2) is 0 Å². The first-order valence-corrected chi connectivity index (χ1v) is 2.34. The van der Waals surface area contributed by atoms with Gasteiger partial charge in [0.2, 0.25) is 0 Å². The van der Waals surface area contributed by atoms with Gasteiger partial charge in [0, 0.05) is 21.9 Å². The average Bonchev–Trinajstić information content (AvgIpc) is 1.68. The molecule has 54 valence electrons. The summed E-state index contributed by atoms with van der Waals surface area (Å²) < 4.78 is 0. The minimum Gasteiger partial charge on any atom is -0.396 e. The van der Waals surface area contributed by atoms with E-state index in [0.29, 0.717) is 0 Å². The van der Waals surface area contributed by atoms with Gasteiger partial charge in [-0.2, -0.15) is 0 Å². The topological polar surface area (TPSA) is 40.5 Å². The molecule has 0 aliphatic heterocycles. The van der Waals surface area contributed by atoms with Gasteiger partial charge in [0.1, 0.15) is 0 Å². The number of aliphatic hydroxyl groups excluding tert-OH is 2. The molecule has 0 atom stereocenters. The van der Waals surface area contributed by atoms with Gasteiger partial charge < -0.3 is 10.2 Å². The maximum Gasteiger partial charge on any atom is 0.0504 e. The second kappa shape index (κ2) is 4.31. The molecule has 0 fully saturated rings. The summed E-state index contributed by atoms with van der Waals surface area (Å²) in [6, 6.07) is 0. The quantitative estimate of drug-likeness (QED) is 0.562. The molecule has 0 rings (SSSR count). The normalized spacial score (nSPS) is 10.5. The molecule has 3 heteroatoms. The van der Waals surface area contributed by atoms with Crippen molar-refractivity contribution in [3.8, 4) is 0 Å². The zero-order valence-corrected chi connectivity index (χ0v) is 6.11. The van der Waals surface area contributed by atoms with Crippen LogP contribution in [0.3, 0.4) is 0 Å². The predicted molar refractivity (Wildman–Crippen MR) is 28.0 cm³/mol. The van der Waals surface area contributed by atoms with Crippen molar-refractivity contribution in [2.45, 2.75) is 13.8 Å². The smallest absolute Gasteiger partial charge is 0.0504 e. The van der Waals surface area contributed by atoms with Gasteiger partial charge >= 0.3 is 0 Å². The van der Waals surface area contributed by atoms with Gasteiger partial charge in [-0.05, 0) is 0 Å². The molecule has 0 unspecified atom stereocenters. The third-order valence-corrected chi connectivity index (χ3v) is 0.856. The maximum atomic E-state index is 8.43. The van der Waals surface area contributed by atoms with E-state index in [9.17, 15) is 0 Å². The summed E-state index contributed by atoms with van der Waals surface area (Å²) in [7, 11) is 0. The average molecular weight is 163 g/mol. The summed E-state index contributed by atoms with van der Waals surface area (Å²) in [5.74, 6) is 0. The van der Waals surface area contributed by atoms with Gasteiger partial charge in [0.05, 0.1) is 13.2 Å². The largest absolute Gasteiger partial charge is 0.396 e. The van der Waals surface area contributed by atoms with Crippen LogP contribution in [0.2, 0.25) is 0 Å². The minimum atomic E-state index is -0.306. The Hall–Kier alpha value is 0.414. The number of aliphatic hydroxyl groups is 2. The Bertz CT molecular complexity index is 48.4. The molecule has 0 bridgehead atoms. The van der Waals surface area contributed by atoms with Gasteiger partial charge in [-0.25, -0.2) is 0 Å². The summed E-state index contributed by atoms with van der Waals surface area (Å²) >= 11 is 0. The second-order valence-electron chi connectivity index (χ2n) is 2.48. The predicted octanol–water partition coefficient (Wildman–Crippen LogP) is -0.00530. The van der Waals surface area contributed by atoms with Crippen molar-refractivity contribution in [3.63, 3.8) is 0 Å². The fourth-order valence-corrected chi connectivity index (χ4v) is 0.0500. The van der Waals surface area contributed by atoms with Crippen molar-refractivity contribution in [2.24, 2.45) is 5.41 Å². The molecule has 0 radical (unpaired) electrons. The molecule has 0 heterocycles. The Labute approximate surface area is 59.8 Å². The summed E-state index contributed by atoms with van der Waals surface area (Å²) in [4.78, 5) is 0. The van der Waals surface area contributed by atoms with Crippen molar-refractivity contribution in [3.05, 3.63) is 0 Å². The van der Waals surface area contributed by atoms with Crippen molar-refractivity contribution in [1.29, 1.82) is 0 Å². The van der Waals surface area contributed by atoms with Gasteiger partial charge in [-0.1, -0.05) is 13.8 Å². The van der Waals surface area contributed by atoms with Crippen molar-refractivity contribution < 1.29 is 26.7 Å². The summed E-state index contributed by atoms with van der Waals surface area (Å²) in [5, 5.41) is 16.9. The Kier molecular flexibility index (Phi) is 6.05. The third-order valence-electron chi connectivity index (χ3n) is 0.856. The summed E-state index contributed by atoms with van der Waals surface area (Å²) in [5.41, 5.74) is -0.306. The van der Waals surface area contributed by atoms with E-state index in [2.05, 4.69) is 0 Å². The molecule has 2 nitrogen and oxygen atoms in total. The molecule has 0 amide bonds. The molecule has 0 aromatic carbocycles. The zero-order chi connectivity index (χ0) is 5.91. The monoisotopic (exact) mass is 162 g/mol. The molecule has 0 spiro atoms. The SMILES string of the molecule is CC(C)(CO)CO.[Ni]. The Balaban J connectivity index is 0. The first-order valence-electron chi connectivity index (χ1n) is 2.34. The fraction of sp³-hybridized carbons (Fsp3) is 1.00. The third kappa shape index (κ3) is 4.57. The molecule has 0 aromatic rings. The van der Waals surface area contributed by atoms with Crippen LogP contribution >= 0.6 is 0 Å². The first-order chi connectivity index (χ1) is 3.12. The Morgan fingerprint density at radius 3 is 1.38 bits per heavy atom. The molecule has 0 aromatic heterocycles. The molecule has 0 saturated heterocycles. The van der Waals surface area contributed by atoms with Crippen molar-refractivity contribution >= 4 is 0 Å². The standard InChI is InChI=1S/C5H12O2.Ni/c1-5(2,3-6)4-7;/h6-7H,3-4H2,1-2H3;. The van der Waals surface area contributed by atoms with E-state index in [0.717, 1.165) is 0 Å². The Morgan fingerprint density at radius 1 is 1.12 bits per heavy atom. The van der Waals surface area contributed by atoms with Gasteiger partial charge in [-0.15, -0.1) is 0 Å². The molecular weight excluding hydrogens is 151 g/mol. The first kappa shape index (κ1) is 11.2. The van der Waals surface area contributed by atoms with Crippen LogP contribution in [0.25, 0.3) is 0 Å². The molecule has 0 aliphatic carbocycles. The van der Waals surface area contributed by atoms with E-state index in [1.165, 1.54) is 0 Å².